The number of thiazole rings is 1. The van der Waals surface area contributed by atoms with Crippen molar-refractivity contribution in [1.29, 1.82) is 0 Å². The molecular formula is C21H22ClN3O2S. The number of aromatic nitrogens is 1. The van der Waals surface area contributed by atoms with Crippen molar-refractivity contribution in [3.63, 3.8) is 0 Å². The van der Waals surface area contributed by atoms with Gasteiger partial charge in [0.05, 0.1) is 25.8 Å². The quantitative estimate of drug-likeness (QED) is 0.540. The van der Waals surface area contributed by atoms with Crippen LogP contribution < -0.4 is 10.6 Å². The Hall–Kier alpha value is -2.44. The Labute approximate surface area is 173 Å². The second-order valence-corrected chi connectivity index (χ2v) is 7.95. The molecule has 0 unspecified atom stereocenters. The number of fused-ring (bicyclic) bond motifs is 1. The van der Waals surface area contributed by atoms with Crippen LogP contribution in [-0.2, 0) is 11.2 Å². The highest BCUT2D eigenvalue weighted by molar-refractivity contribution is 7.18. The number of carbonyl (C=O) groups is 2. The van der Waals surface area contributed by atoms with Gasteiger partial charge in [0, 0.05) is 18.7 Å². The van der Waals surface area contributed by atoms with E-state index in [4.69, 9.17) is 11.6 Å². The van der Waals surface area contributed by atoms with E-state index in [0.717, 1.165) is 29.8 Å². The Morgan fingerprint density at radius 2 is 2.00 bits per heavy atom. The zero-order valence-corrected chi connectivity index (χ0v) is 17.2. The molecule has 0 aliphatic rings. The minimum atomic E-state index is -0.208. The molecule has 2 amide bonds. The van der Waals surface area contributed by atoms with Gasteiger partial charge in [-0.25, -0.2) is 4.98 Å². The predicted molar refractivity (Wildman–Crippen MR) is 115 cm³/mol. The Bertz CT molecular complexity index is 954. The summed E-state index contributed by atoms with van der Waals surface area (Å²) in [6, 6.07) is 13.0. The van der Waals surface area contributed by atoms with Crippen molar-refractivity contribution in [2.24, 2.45) is 0 Å². The third-order valence-electron chi connectivity index (χ3n) is 4.17. The fourth-order valence-electron chi connectivity index (χ4n) is 2.76. The Balaban J connectivity index is 1.50. The first-order valence-electron chi connectivity index (χ1n) is 9.29. The van der Waals surface area contributed by atoms with Crippen LogP contribution in [0.15, 0.2) is 42.5 Å². The van der Waals surface area contributed by atoms with E-state index in [2.05, 4.69) is 21.7 Å². The largest absolute Gasteiger partial charge is 0.352 e. The van der Waals surface area contributed by atoms with E-state index >= 15 is 0 Å². The molecule has 0 saturated heterocycles. The Morgan fingerprint density at radius 1 is 1.18 bits per heavy atom. The second kappa shape index (κ2) is 9.66. The minimum Gasteiger partial charge on any atom is -0.352 e. The van der Waals surface area contributed by atoms with Crippen LogP contribution in [0.4, 0.5) is 5.69 Å². The van der Waals surface area contributed by atoms with Crippen LogP contribution in [0.1, 0.15) is 41.6 Å². The van der Waals surface area contributed by atoms with Crippen LogP contribution >= 0.6 is 22.9 Å². The lowest BCUT2D eigenvalue weighted by atomic mass is 10.1. The first-order valence-corrected chi connectivity index (χ1v) is 10.5. The van der Waals surface area contributed by atoms with Crippen LogP contribution in [0, 0.1) is 0 Å². The van der Waals surface area contributed by atoms with Crippen LogP contribution in [-0.4, -0.2) is 23.3 Å². The SMILES string of the molecule is CCCNC(=O)c1ccc(NC(=O)CCCc2nc3ccccc3s2)cc1Cl. The number of nitrogens with zero attached hydrogens (tertiary/aromatic N) is 1. The maximum atomic E-state index is 12.2. The highest BCUT2D eigenvalue weighted by atomic mass is 35.5. The first-order chi connectivity index (χ1) is 13.6. The smallest absolute Gasteiger partial charge is 0.252 e. The van der Waals surface area contributed by atoms with Gasteiger partial charge >= 0.3 is 0 Å². The van der Waals surface area contributed by atoms with Crippen molar-refractivity contribution in [2.75, 3.05) is 11.9 Å². The van der Waals surface area contributed by atoms with Gasteiger partial charge < -0.3 is 10.6 Å². The topological polar surface area (TPSA) is 71.1 Å². The molecule has 5 nitrogen and oxygen atoms in total. The van der Waals surface area contributed by atoms with E-state index < -0.39 is 0 Å². The lowest BCUT2D eigenvalue weighted by Gasteiger charge is -2.09. The molecule has 0 spiro atoms. The van der Waals surface area contributed by atoms with Crippen molar-refractivity contribution in [1.82, 2.24) is 10.3 Å². The third-order valence-corrected chi connectivity index (χ3v) is 5.57. The summed E-state index contributed by atoms with van der Waals surface area (Å²) in [5.74, 6) is -0.291. The number of nitrogens with one attached hydrogen (secondary N) is 2. The molecular weight excluding hydrogens is 394 g/mol. The van der Waals surface area contributed by atoms with Gasteiger partial charge in [-0.2, -0.15) is 0 Å². The van der Waals surface area contributed by atoms with Gasteiger partial charge in [0.25, 0.3) is 5.91 Å². The van der Waals surface area contributed by atoms with Gasteiger partial charge in [-0.15, -0.1) is 11.3 Å². The van der Waals surface area contributed by atoms with E-state index in [1.54, 1.807) is 29.5 Å². The number of para-hydroxylation sites is 1. The molecule has 0 saturated carbocycles. The Kier molecular flexibility index (Phi) is 7.01. The molecule has 3 aromatic rings. The summed E-state index contributed by atoms with van der Waals surface area (Å²) < 4.78 is 1.17. The normalized spacial score (nSPS) is 10.8. The monoisotopic (exact) mass is 415 g/mol. The summed E-state index contributed by atoms with van der Waals surface area (Å²) in [7, 11) is 0. The van der Waals surface area contributed by atoms with Gasteiger partial charge in [0.1, 0.15) is 0 Å². The molecule has 1 aromatic heterocycles. The molecule has 0 fully saturated rings. The number of amides is 2. The predicted octanol–water partition coefficient (Wildman–Crippen LogP) is 5.05. The molecule has 0 atom stereocenters. The van der Waals surface area contributed by atoms with E-state index in [1.807, 2.05) is 25.1 Å². The van der Waals surface area contributed by atoms with Crippen LogP contribution in [0.25, 0.3) is 10.2 Å². The van der Waals surface area contributed by atoms with Crippen molar-refractivity contribution in [3.05, 3.63) is 58.1 Å². The second-order valence-electron chi connectivity index (χ2n) is 6.43. The van der Waals surface area contributed by atoms with Crippen molar-refractivity contribution >= 4 is 50.7 Å². The number of hydrogen-bond donors (Lipinski definition) is 2. The molecule has 2 aromatic carbocycles. The number of carbonyl (C=O) groups excluding carboxylic acids is 2. The summed E-state index contributed by atoms with van der Waals surface area (Å²) in [5.41, 5.74) is 2.00. The molecule has 1 heterocycles. The standard InChI is InChI=1S/C21H22ClN3O2S/c1-2-12-23-21(27)15-11-10-14(13-16(15)22)24-19(26)8-5-9-20-25-17-6-3-4-7-18(17)28-20/h3-4,6-7,10-11,13H,2,5,8-9,12H2,1H3,(H,23,27)(H,24,26). The molecule has 3 rings (SSSR count). The number of anilines is 1. The number of rotatable bonds is 8. The molecule has 0 aliphatic heterocycles. The van der Waals surface area contributed by atoms with Crippen LogP contribution in [0.3, 0.4) is 0 Å². The molecule has 0 bridgehead atoms. The lowest BCUT2D eigenvalue weighted by Crippen LogP contribution is -2.24. The maximum Gasteiger partial charge on any atom is 0.252 e. The molecule has 146 valence electrons. The van der Waals surface area contributed by atoms with Gasteiger partial charge in [0.15, 0.2) is 0 Å². The fourth-order valence-corrected chi connectivity index (χ4v) is 4.04. The summed E-state index contributed by atoms with van der Waals surface area (Å²) in [4.78, 5) is 28.8. The van der Waals surface area contributed by atoms with Gasteiger partial charge in [-0.3, -0.25) is 9.59 Å². The molecule has 0 radical (unpaired) electrons. The molecule has 7 heteroatoms. The first kappa shape index (κ1) is 20.3. The fraction of sp³-hybridized carbons (Fsp3) is 0.286. The Morgan fingerprint density at radius 3 is 2.75 bits per heavy atom. The zero-order chi connectivity index (χ0) is 19.9. The van der Waals surface area contributed by atoms with Crippen LogP contribution in [0.2, 0.25) is 5.02 Å². The van der Waals surface area contributed by atoms with Crippen molar-refractivity contribution < 1.29 is 9.59 Å². The number of hydrogen-bond acceptors (Lipinski definition) is 4. The van der Waals surface area contributed by atoms with Crippen molar-refractivity contribution in [3.8, 4) is 0 Å². The van der Waals surface area contributed by atoms with E-state index in [0.29, 0.717) is 29.2 Å². The zero-order valence-electron chi connectivity index (χ0n) is 15.6. The minimum absolute atomic E-state index is 0.0830. The summed E-state index contributed by atoms with van der Waals surface area (Å²) >= 11 is 7.86. The highest BCUT2D eigenvalue weighted by Gasteiger charge is 2.11. The average molecular weight is 416 g/mol. The maximum absolute atomic E-state index is 12.2. The van der Waals surface area contributed by atoms with Gasteiger partial charge in [-0.1, -0.05) is 30.7 Å². The highest BCUT2D eigenvalue weighted by Crippen LogP contribution is 2.23. The van der Waals surface area contributed by atoms with Gasteiger partial charge in [-0.05, 0) is 49.6 Å². The van der Waals surface area contributed by atoms with Gasteiger partial charge in [0.2, 0.25) is 5.91 Å². The lowest BCUT2D eigenvalue weighted by molar-refractivity contribution is -0.116. The third kappa shape index (κ3) is 5.30. The molecule has 2 N–H and O–H groups in total. The number of benzene rings is 2. The van der Waals surface area contributed by atoms with Crippen LogP contribution in [0.5, 0.6) is 0 Å². The summed E-state index contributed by atoms with van der Waals surface area (Å²) in [5, 5.41) is 6.98. The van der Waals surface area contributed by atoms with Crippen molar-refractivity contribution in [2.45, 2.75) is 32.6 Å². The average Bonchev–Trinajstić information content (AvgIpc) is 3.09. The number of aryl methyl sites for hydroxylation is 1. The van der Waals surface area contributed by atoms with E-state index in [1.165, 1.54) is 4.70 Å². The van der Waals surface area contributed by atoms with E-state index in [9.17, 15) is 9.59 Å². The molecule has 0 aliphatic carbocycles. The molecule has 28 heavy (non-hydrogen) atoms. The van der Waals surface area contributed by atoms with E-state index in [-0.39, 0.29) is 11.8 Å². The summed E-state index contributed by atoms with van der Waals surface area (Å²) in [6.07, 6.45) is 2.74. The number of halogens is 1. The summed E-state index contributed by atoms with van der Waals surface area (Å²) in [6.45, 7) is 2.58.